The summed E-state index contributed by atoms with van der Waals surface area (Å²) in [6, 6.07) is 18.5. The van der Waals surface area contributed by atoms with Crippen molar-refractivity contribution in [1.82, 2.24) is 5.32 Å². The van der Waals surface area contributed by atoms with Crippen LogP contribution in [0.25, 0.3) is 0 Å². The minimum atomic E-state index is -3.91. The summed E-state index contributed by atoms with van der Waals surface area (Å²) in [5, 5.41) is 2.68. The molecule has 0 aliphatic carbocycles. The molecule has 0 aliphatic rings. The lowest BCUT2D eigenvalue weighted by Gasteiger charge is -2.17. The smallest absolute Gasteiger partial charge is 0.328 e. The second kappa shape index (κ2) is 10.7. The summed E-state index contributed by atoms with van der Waals surface area (Å²) in [7, 11) is -3.91. The summed E-state index contributed by atoms with van der Waals surface area (Å²) >= 11 is 0. The number of sulfonamides is 1. The van der Waals surface area contributed by atoms with Gasteiger partial charge in [-0.25, -0.2) is 17.6 Å². The second-order valence-electron chi connectivity index (χ2n) is 7.10. The van der Waals surface area contributed by atoms with Crippen LogP contribution < -0.4 is 10.0 Å². The second-order valence-corrected chi connectivity index (χ2v) is 8.79. The van der Waals surface area contributed by atoms with E-state index in [1.165, 1.54) is 24.3 Å². The van der Waals surface area contributed by atoms with E-state index in [2.05, 4.69) is 10.0 Å². The fourth-order valence-electron chi connectivity index (χ4n) is 3.04. The predicted octanol–water partition coefficient (Wildman–Crippen LogP) is 3.53. The van der Waals surface area contributed by atoms with Crippen molar-refractivity contribution in [3.63, 3.8) is 0 Å². The third kappa shape index (κ3) is 6.63. The van der Waals surface area contributed by atoms with Crippen molar-refractivity contribution in [2.24, 2.45) is 0 Å². The van der Waals surface area contributed by atoms with E-state index in [0.717, 1.165) is 29.8 Å². The van der Waals surface area contributed by atoms with Crippen LogP contribution in [0.15, 0.2) is 83.8 Å². The highest BCUT2D eigenvalue weighted by Gasteiger charge is 2.23. The summed E-state index contributed by atoms with van der Waals surface area (Å²) in [6.07, 6.45) is 0.265. The maximum Gasteiger partial charge on any atom is 0.328 e. The standard InChI is InChI=1S/C24H23FN2O5S/c1-2-32-24(29)22(16-17-6-4-3-5-7-17)26-23(28)18-8-12-20(13-9-18)27-33(30,31)21-14-10-19(25)11-15-21/h3-15,22,27H,2,16H2,1H3,(H,26,28). The Kier molecular flexibility index (Phi) is 7.78. The van der Waals surface area contributed by atoms with Gasteiger partial charge in [-0.2, -0.15) is 0 Å². The minimum Gasteiger partial charge on any atom is -0.464 e. The lowest BCUT2D eigenvalue weighted by molar-refractivity contribution is -0.145. The lowest BCUT2D eigenvalue weighted by Crippen LogP contribution is -2.43. The summed E-state index contributed by atoms with van der Waals surface area (Å²) < 4.78 is 45.3. The number of esters is 1. The molecule has 0 heterocycles. The van der Waals surface area contributed by atoms with Gasteiger partial charge < -0.3 is 10.1 Å². The number of carbonyl (C=O) groups excluding carboxylic acids is 2. The Balaban J connectivity index is 1.70. The summed E-state index contributed by atoms with van der Waals surface area (Å²) in [5.74, 6) is -1.59. The van der Waals surface area contributed by atoms with E-state index in [9.17, 15) is 22.4 Å². The first-order valence-corrected chi connectivity index (χ1v) is 11.7. The number of amides is 1. The molecular formula is C24H23FN2O5S. The van der Waals surface area contributed by atoms with E-state index in [4.69, 9.17) is 4.74 Å². The maximum atomic E-state index is 13.0. The molecule has 0 saturated carbocycles. The molecule has 1 unspecified atom stereocenters. The summed E-state index contributed by atoms with van der Waals surface area (Å²) in [5.41, 5.74) is 1.32. The highest BCUT2D eigenvalue weighted by atomic mass is 32.2. The van der Waals surface area contributed by atoms with Gasteiger partial charge in [0.15, 0.2) is 0 Å². The van der Waals surface area contributed by atoms with Crippen molar-refractivity contribution in [2.75, 3.05) is 11.3 Å². The van der Waals surface area contributed by atoms with E-state index >= 15 is 0 Å². The highest BCUT2D eigenvalue weighted by Crippen LogP contribution is 2.17. The van der Waals surface area contributed by atoms with Gasteiger partial charge in [0.05, 0.1) is 11.5 Å². The topological polar surface area (TPSA) is 102 Å². The van der Waals surface area contributed by atoms with Crippen molar-refractivity contribution < 1.29 is 27.1 Å². The first-order chi connectivity index (χ1) is 15.8. The zero-order chi connectivity index (χ0) is 23.8. The average Bonchev–Trinajstić information content (AvgIpc) is 2.80. The monoisotopic (exact) mass is 470 g/mol. The number of hydrogen-bond acceptors (Lipinski definition) is 5. The number of anilines is 1. The van der Waals surface area contributed by atoms with Crippen LogP contribution in [0, 0.1) is 5.82 Å². The largest absolute Gasteiger partial charge is 0.464 e. The number of nitrogens with one attached hydrogen (secondary N) is 2. The molecule has 3 aromatic carbocycles. The summed E-state index contributed by atoms with van der Waals surface area (Å²) in [4.78, 5) is 25.0. The SMILES string of the molecule is CCOC(=O)C(Cc1ccccc1)NC(=O)c1ccc(NS(=O)(=O)c2ccc(F)cc2)cc1. The van der Waals surface area contributed by atoms with E-state index in [0.29, 0.717) is 0 Å². The number of benzene rings is 3. The Bertz CT molecular complexity index is 1200. The number of rotatable bonds is 9. The molecular weight excluding hydrogens is 447 g/mol. The predicted molar refractivity (Wildman–Crippen MR) is 122 cm³/mol. The molecule has 0 aliphatic heterocycles. The molecule has 3 aromatic rings. The number of halogens is 1. The molecule has 1 amide bonds. The van der Waals surface area contributed by atoms with Gasteiger partial charge in [-0.3, -0.25) is 9.52 Å². The van der Waals surface area contributed by atoms with Crippen LogP contribution in [0.4, 0.5) is 10.1 Å². The van der Waals surface area contributed by atoms with Gasteiger partial charge in [0, 0.05) is 17.7 Å². The number of carbonyl (C=O) groups is 2. The third-order valence-corrected chi connectivity index (χ3v) is 6.08. The van der Waals surface area contributed by atoms with Crippen molar-refractivity contribution in [2.45, 2.75) is 24.3 Å². The normalized spacial score (nSPS) is 11.9. The number of hydrogen-bond donors (Lipinski definition) is 2. The molecule has 0 fully saturated rings. The zero-order valence-electron chi connectivity index (χ0n) is 17.8. The Morgan fingerprint density at radius 2 is 1.58 bits per heavy atom. The van der Waals surface area contributed by atoms with E-state index in [1.54, 1.807) is 6.92 Å². The van der Waals surface area contributed by atoms with Crippen LogP contribution in [0.5, 0.6) is 0 Å². The Morgan fingerprint density at radius 3 is 2.18 bits per heavy atom. The van der Waals surface area contributed by atoms with E-state index in [-0.39, 0.29) is 29.2 Å². The first-order valence-electron chi connectivity index (χ1n) is 10.2. The van der Waals surface area contributed by atoms with Crippen molar-refractivity contribution in [3.05, 3.63) is 95.8 Å². The van der Waals surface area contributed by atoms with Gasteiger partial charge >= 0.3 is 5.97 Å². The molecule has 0 radical (unpaired) electrons. The van der Waals surface area contributed by atoms with Crippen LogP contribution in [0.3, 0.4) is 0 Å². The fourth-order valence-corrected chi connectivity index (χ4v) is 4.10. The van der Waals surface area contributed by atoms with Crippen LogP contribution in [-0.2, 0) is 26.0 Å². The van der Waals surface area contributed by atoms with Gasteiger partial charge in [0.1, 0.15) is 11.9 Å². The third-order valence-electron chi connectivity index (χ3n) is 4.68. The Labute approximate surface area is 191 Å². The van der Waals surface area contributed by atoms with Gasteiger partial charge in [-0.15, -0.1) is 0 Å². The molecule has 172 valence electrons. The van der Waals surface area contributed by atoms with Crippen molar-refractivity contribution in [3.8, 4) is 0 Å². The van der Waals surface area contributed by atoms with Crippen LogP contribution in [0.1, 0.15) is 22.8 Å². The van der Waals surface area contributed by atoms with Gasteiger partial charge in [-0.1, -0.05) is 30.3 Å². The quantitative estimate of drug-likeness (QED) is 0.466. The molecule has 1 atom stereocenters. The fraction of sp³-hybridized carbons (Fsp3) is 0.167. The van der Waals surface area contributed by atoms with E-state index < -0.39 is 33.8 Å². The maximum absolute atomic E-state index is 13.0. The van der Waals surface area contributed by atoms with Gasteiger partial charge in [0.2, 0.25) is 0 Å². The molecule has 0 bridgehead atoms. The van der Waals surface area contributed by atoms with Crippen molar-refractivity contribution in [1.29, 1.82) is 0 Å². The number of ether oxygens (including phenoxy) is 1. The first kappa shape index (κ1) is 23.9. The molecule has 9 heteroatoms. The molecule has 0 spiro atoms. The van der Waals surface area contributed by atoms with Crippen molar-refractivity contribution >= 4 is 27.6 Å². The Morgan fingerprint density at radius 1 is 0.939 bits per heavy atom. The molecule has 33 heavy (non-hydrogen) atoms. The minimum absolute atomic E-state index is 0.0936. The van der Waals surface area contributed by atoms with Crippen LogP contribution >= 0.6 is 0 Å². The summed E-state index contributed by atoms with van der Waals surface area (Å²) in [6.45, 7) is 1.87. The van der Waals surface area contributed by atoms with Gasteiger partial charge in [0.25, 0.3) is 15.9 Å². The van der Waals surface area contributed by atoms with Crippen LogP contribution in [-0.4, -0.2) is 32.9 Å². The van der Waals surface area contributed by atoms with Crippen LogP contribution in [0.2, 0.25) is 0 Å². The molecule has 0 aromatic heterocycles. The highest BCUT2D eigenvalue weighted by molar-refractivity contribution is 7.92. The Hall–Kier alpha value is -3.72. The lowest BCUT2D eigenvalue weighted by atomic mass is 10.1. The molecule has 3 rings (SSSR count). The molecule has 0 saturated heterocycles. The van der Waals surface area contributed by atoms with Gasteiger partial charge in [-0.05, 0) is 61.0 Å². The molecule has 2 N–H and O–H groups in total. The van der Waals surface area contributed by atoms with E-state index in [1.807, 2.05) is 30.3 Å². The molecule has 7 nitrogen and oxygen atoms in total. The average molecular weight is 471 g/mol. The zero-order valence-corrected chi connectivity index (χ0v) is 18.6.